The highest BCUT2D eigenvalue weighted by Crippen LogP contribution is 2.52. The van der Waals surface area contributed by atoms with Gasteiger partial charge in [-0.2, -0.15) is 0 Å². The minimum atomic E-state index is 0.488. The van der Waals surface area contributed by atoms with Crippen molar-refractivity contribution in [3.8, 4) is 0 Å². The van der Waals surface area contributed by atoms with Crippen molar-refractivity contribution < 1.29 is 0 Å². The van der Waals surface area contributed by atoms with Crippen LogP contribution in [-0.4, -0.2) is 26.8 Å². The molecule has 0 amide bonds. The Labute approximate surface area is 90.2 Å². The molecule has 1 aromatic rings. The van der Waals surface area contributed by atoms with Crippen LogP contribution in [0.2, 0.25) is 0 Å². The van der Waals surface area contributed by atoms with E-state index in [0.717, 1.165) is 31.4 Å². The lowest BCUT2D eigenvalue weighted by Gasteiger charge is -2.06. The molecule has 5 nitrogen and oxygen atoms in total. The van der Waals surface area contributed by atoms with Gasteiger partial charge in [-0.1, -0.05) is 20.8 Å². The average Bonchev–Trinajstić information content (AvgIpc) is 2.62. The third-order valence-corrected chi connectivity index (χ3v) is 3.25. The molecule has 1 heterocycles. The number of rotatable bonds is 5. The molecule has 1 atom stereocenters. The lowest BCUT2D eigenvalue weighted by Crippen LogP contribution is -2.18. The molecule has 1 aliphatic rings. The van der Waals surface area contributed by atoms with Crippen molar-refractivity contribution in [3.63, 3.8) is 0 Å². The molecule has 0 saturated heterocycles. The zero-order chi connectivity index (χ0) is 10.9. The van der Waals surface area contributed by atoms with E-state index in [1.54, 1.807) is 0 Å². The molecule has 1 unspecified atom stereocenters. The summed E-state index contributed by atoms with van der Waals surface area (Å²) in [4.78, 5) is 0. The SMILES string of the molecule is CCNCc1nnnn1CC1CC1(C)C. The average molecular weight is 209 g/mol. The van der Waals surface area contributed by atoms with Crippen LogP contribution in [0.1, 0.15) is 33.0 Å². The van der Waals surface area contributed by atoms with Crippen LogP contribution in [0.25, 0.3) is 0 Å². The third kappa shape index (κ3) is 2.34. The molecule has 1 saturated carbocycles. The summed E-state index contributed by atoms with van der Waals surface area (Å²) >= 11 is 0. The number of hydrogen-bond acceptors (Lipinski definition) is 4. The zero-order valence-corrected chi connectivity index (χ0v) is 9.69. The lowest BCUT2D eigenvalue weighted by atomic mass is 10.1. The van der Waals surface area contributed by atoms with E-state index in [-0.39, 0.29) is 0 Å². The summed E-state index contributed by atoms with van der Waals surface area (Å²) in [5.74, 6) is 1.68. The second-order valence-corrected chi connectivity index (χ2v) is 4.95. The first-order chi connectivity index (χ1) is 7.13. The molecule has 0 aliphatic heterocycles. The van der Waals surface area contributed by atoms with Crippen molar-refractivity contribution in [3.05, 3.63) is 5.82 Å². The molecule has 15 heavy (non-hydrogen) atoms. The fraction of sp³-hybridized carbons (Fsp3) is 0.900. The smallest absolute Gasteiger partial charge is 0.165 e. The summed E-state index contributed by atoms with van der Waals surface area (Å²) in [7, 11) is 0. The van der Waals surface area contributed by atoms with Gasteiger partial charge in [0.2, 0.25) is 0 Å². The van der Waals surface area contributed by atoms with E-state index in [1.807, 2.05) is 4.68 Å². The van der Waals surface area contributed by atoms with Crippen molar-refractivity contribution >= 4 is 0 Å². The van der Waals surface area contributed by atoms with Gasteiger partial charge in [0.1, 0.15) is 0 Å². The predicted octanol–water partition coefficient (Wildman–Crippen LogP) is 0.829. The fourth-order valence-corrected chi connectivity index (χ4v) is 1.83. The topological polar surface area (TPSA) is 55.6 Å². The Balaban J connectivity index is 1.93. The zero-order valence-electron chi connectivity index (χ0n) is 9.69. The van der Waals surface area contributed by atoms with Gasteiger partial charge in [-0.3, -0.25) is 0 Å². The highest BCUT2D eigenvalue weighted by Gasteiger charge is 2.45. The summed E-state index contributed by atoms with van der Waals surface area (Å²) in [6, 6.07) is 0. The molecule has 1 aromatic heterocycles. The molecule has 0 spiro atoms. The Morgan fingerprint density at radius 2 is 2.27 bits per heavy atom. The standard InChI is InChI=1S/C10H19N5/c1-4-11-6-9-12-13-14-15(9)7-8-5-10(8,2)3/h8,11H,4-7H2,1-3H3. The highest BCUT2D eigenvalue weighted by molar-refractivity contribution is 4.95. The van der Waals surface area contributed by atoms with Gasteiger partial charge < -0.3 is 5.32 Å². The van der Waals surface area contributed by atoms with Crippen molar-refractivity contribution in [1.82, 2.24) is 25.5 Å². The Morgan fingerprint density at radius 3 is 2.87 bits per heavy atom. The van der Waals surface area contributed by atoms with Crippen LogP contribution in [0, 0.1) is 11.3 Å². The van der Waals surface area contributed by atoms with Gasteiger partial charge >= 0.3 is 0 Å². The number of aromatic nitrogens is 4. The second-order valence-electron chi connectivity index (χ2n) is 4.95. The molecule has 84 valence electrons. The van der Waals surface area contributed by atoms with E-state index in [1.165, 1.54) is 6.42 Å². The molecule has 0 radical (unpaired) electrons. The normalized spacial score (nSPS) is 23.0. The van der Waals surface area contributed by atoms with Crippen LogP contribution in [0.4, 0.5) is 0 Å². The van der Waals surface area contributed by atoms with E-state index >= 15 is 0 Å². The Kier molecular flexibility index (Phi) is 2.73. The molecule has 0 bridgehead atoms. The van der Waals surface area contributed by atoms with Crippen molar-refractivity contribution in [2.24, 2.45) is 11.3 Å². The van der Waals surface area contributed by atoms with Crippen molar-refractivity contribution in [2.75, 3.05) is 6.54 Å². The number of nitrogens with zero attached hydrogens (tertiary/aromatic N) is 4. The third-order valence-electron chi connectivity index (χ3n) is 3.25. The molecular weight excluding hydrogens is 190 g/mol. The molecule has 1 fully saturated rings. The van der Waals surface area contributed by atoms with Gasteiger partial charge in [-0.15, -0.1) is 5.10 Å². The first-order valence-corrected chi connectivity index (χ1v) is 5.59. The number of nitrogens with one attached hydrogen (secondary N) is 1. The lowest BCUT2D eigenvalue weighted by molar-refractivity contribution is 0.449. The number of tetrazole rings is 1. The van der Waals surface area contributed by atoms with Crippen molar-refractivity contribution in [1.29, 1.82) is 0 Å². The Hall–Kier alpha value is -0.970. The van der Waals surface area contributed by atoms with Gasteiger partial charge in [0.15, 0.2) is 5.82 Å². The molecule has 5 heteroatoms. The molecule has 0 aromatic carbocycles. The maximum Gasteiger partial charge on any atom is 0.165 e. The van der Waals surface area contributed by atoms with E-state index < -0.39 is 0 Å². The maximum atomic E-state index is 4.03. The predicted molar refractivity (Wildman–Crippen MR) is 57.1 cm³/mol. The summed E-state index contributed by atoms with van der Waals surface area (Å²) in [5.41, 5.74) is 0.488. The van der Waals surface area contributed by atoms with Gasteiger partial charge in [0.05, 0.1) is 6.54 Å². The molecular formula is C10H19N5. The minimum absolute atomic E-state index is 0.488. The Morgan fingerprint density at radius 1 is 1.53 bits per heavy atom. The monoisotopic (exact) mass is 209 g/mol. The van der Waals surface area contributed by atoms with Crippen LogP contribution in [0.15, 0.2) is 0 Å². The van der Waals surface area contributed by atoms with Crippen LogP contribution >= 0.6 is 0 Å². The minimum Gasteiger partial charge on any atom is -0.310 e. The van der Waals surface area contributed by atoms with E-state index in [9.17, 15) is 0 Å². The second kappa shape index (κ2) is 3.89. The first-order valence-electron chi connectivity index (χ1n) is 5.59. The van der Waals surface area contributed by atoms with Gasteiger partial charge in [-0.25, -0.2) is 4.68 Å². The molecule has 1 aliphatic carbocycles. The summed E-state index contributed by atoms with van der Waals surface area (Å²) < 4.78 is 1.93. The van der Waals surface area contributed by atoms with Crippen LogP contribution < -0.4 is 5.32 Å². The number of hydrogen-bond donors (Lipinski definition) is 1. The van der Waals surface area contributed by atoms with Crippen molar-refractivity contribution in [2.45, 2.75) is 40.3 Å². The van der Waals surface area contributed by atoms with Crippen LogP contribution in [-0.2, 0) is 13.1 Å². The van der Waals surface area contributed by atoms with Gasteiger partial charge in [0, 0.05) is 6.54 Å². The van der Waals surface area contributed by atoms with Gasteiger partial charge in [0.25, 0.3) is 0 Å². The Bertz CT molecular complexity index is 330. The first kappa shape index (κ1) is 10.5. The molecule has 2 rings (SSSR count). The van der Waals surface area contributed by atoms with E-state index in [0.29, 0.717) is 5.41 Å². The fourth-order valence-electron chi connectivity index (χ4n) is 1.83. The van der Waals surface area contributed by atoms with E-state index in [2.05, 4.69) is 41.6 Å². The quantitative estimate of drug-likeness (QED) is 0.780. The van der Waals surface area contributed by atoms with Crippen LogP contribution in [0.5, 0.6) is 0 Å². The highest BCUT2D eigenvalue weighted by atomic mass is 15.5. The van der Waals surface area contributed by atoms with Gasteiger partial charge in [-0.05, 0) is 34.7 Å². The summed E-state index contributed by atoms with van der Waals surface area (Å²) in [5, 5.41) is 15.0. The largest absolute Gasteiger partial charge is 0.310 e. The molecule has 1 N–H and O–H groups in total. The van der Waals surface area contributed by atoms with E-state index in [4.69, 9.17) is 0 Å². The maximum absolute atomic E-state index is 4.03. The summed E-state index contributed by atoms with van der Waals surface area (Å²) in [6.45, 7) is 9.34. The van der Waals surface area contributed by atoms with Crippen LogP contribution in [0.3, 0.4) is 0 Å². The summed E-state index contributed by atoms with van der Waals surface area (Å²) in [6.07, 6.45) is 1.29.